The van der Waals surface area contributed by atoms with E-state index in [0.717, 1.165) is 0 Å². The fraction of sp³-hybridized carbons (Fsp3) is 0.625. The Morgan fingerprint density at radius 1 is 1.32 bits per heavy atom. The first kappa shape index (κ1) is 17.4. The lowest BCUT2D eigenvalue weighted by Gasteiger charge is -2.45. The Balaban J connectivity index is 1.93. The molecule has 0 spiro atoms. The zero-order valence-electron chi connectivity index (χ0n) is 14.4. The maximum absolute atomic E-state index is 12.6. The Hall–Kier alpha value is -2.42. The Morgan fingerprint density at radius 2 is 2.00 bits per heavy atom. The molecule has 1 aromatic heterocycles. The number of likely N-dealkylation sites (tertiary alicyclic amines) is 1. The fourth-order valence-electron chi connectivity index (χ4n) is 3.99. The summed E-state index contributed by atoms with van der Waals surface area (Å²) in [5.74, 6) is -1.56. The molecule has 0 saturated carbocycles. The number of aliphatic carboxylic acids is 1. The number of hydrogen-bond acceptors (Lipinski definition) is 6. The summed E-state index contributed by atoms with van der Waals surface area (Å²) < 4.78 is 12.1. The average Bonchev–Trinajstić information content (AvgIpc) is 2.92. The number of nitrogens with zero attached hydrogens (tertiary/aromatic N) is 2. The summed E-state index contributed by atoms with van der Waals surface area (Å²) in [7, 11) is 1.50. The highest BCUT2D eigenvalue weighted by molar-refractivity contribution is 5.79. The zero-order chi connectivity index (χ0) is 18.5. The molecule has 3 atom stereocenters. The minimum Gasteiger partial charge on any atom is -0.494 e. The molecule has 3 heterocycles. The number of ether oxygens (including phenoxy) is 2. The Labute approximate surface area is 144 Å². The number of carboxylic acid groups (broad SMARTS) is 1. The van der Waals surface area contributed by atoms with Crippen LogP contribution in [0.15, 0.2) is 0 Å². The molecule has 0 aromatic carbocycles. The van der Waals surface area contributed by atoms with E-state index in [4.69, 9.17) is 14.6 Å². The minimum atomic E-state index is -1.15. The second kappa shape index (κ2) is 5.83. The summed E-state index contributed by atoms with van der Waals surface area (Å²) in [5.41, 5.74) is -0.408. The van der Waals surface area contributed by atoms with Gasteiger partial charge < -0.3 is 29.7 Å². The van der Waals surface area contributed by atoms with Crippen molar-refractivity contribution >= 4 is 11.9 Å². The quantitative estimate of drug-likeness (QED) is 0.724. The van der Waals surface area contributed by atoms with Crippen LogP contribution in [0.4, 0.5) is 0 Å². The van der Waals surface area contributed by atoms with Crippen molar-refractivity contribution in [3.8, 4) is 17.5 Å². The van der Waals surface area contributed by atoms with Gasteiger partial charge in [0.15, 0.2) is 5.75 Å². The van der Waals surface area contributed by atoms with Crippen molar-refractivity contribution in [2.45, 2.75) is 31.9 Å². The van der Waals surface area contributed by atoms with Crippen LogP contribution in [-0.2, 0) is 21.4 Å². The molecule has 1 fully saturated rings. The van der Waals surface area contributed by atoms with E-state index >= 15 is 0 Å². The lowest BCUT2D eigenvalue weighted by molar-refractivity contribution is -0.152. The van der Waals surface area contributed by atoms with Gasteiger partial charge in [-0.3, -0.25) is 9.36 Å². The van der Waals surface area contributed by atoms with E-state index in [0.29, 0.717) is 18.5 Å². The first-order valence-corrected chi connectivity index (χ1v) is 8.04. The monoisotopic (exact) mass is 354 g/mol. The maximum atomic E-state index is 12.6. The molecule has 25 heavy (non-hydrogen) atoms. The lowest BCUT2D eigenvalue weighted by Crippen LogP contribution is -2.54. The second-order valence-corrected chi connectivity index (χ2v) is 7.01. The number of piperidine rings is 1. The highest BCUT2D eigenvalue weighted by Gasteiger charge is 2.56. The number of aromatic hydroxyl groups is 2. The summed E-state index contributed by atoms with van der Waals surface area (Å²) >= 11 is 0. The molecule has 1 amide bonds. The van der Waals surface area contributed by atoms with Crippen LogP contribution in [0, 0.1) is 5.92 Å². The fourth-order valence-corrected chi connectivity index (χ4v) is 3.99. The van der Waals surface area contributed by atoms with Crippen molar-refractivity contribution in [3.63, 3.8) is 0 Å². The Morgan fingerprint density at radius 3 is 2.64 bits per heavy atom. The number of rotatable bonds is 4. The number of fused-ring (bicyclic) bond motifs is 3. The van der Waals surface area contributed by atoms with Gasteiger partial charge in [0.2, 0.25) is 17.7 Å². The molecule has 9 heteroatoms. The predicted octanol–water partition coefficient (Wildman–Crippen LogP) is 0.598. The molecule has 0 bridgehead atoms. The van der Waals surface area contributed by atoms with Crippen LogP contribution in [0.25, 0.3) is 0 Å². The summed E-state index contributed by atoms with van der Waals surface area (Å²) in [6, 6.07) is -0.577. The third-order valence-corrected chi connectivity index (χ3v) is 4.86. The van der Waals surface area contributed by atoms with E-state index in [9.17, 15) is 19.8 Å². The van der Waals surface area contributed by atoms with E-state index in [1.165, 1.54) is 11.6 Å². The molecule has 2 aliphatic rings. The van der Waals surface area contributed by atoms with Gasteiger partial charge in [0, 0.05) is 13.6 Å². The van der Waals surface area contributed by atoms with Crippen LogP contribution < -0.4 is 4.74 Å². The molecule has 0 aliphatic carbocycles. The van der Waals surface area contributed by atoms with Gasteiger partial charge in [0.1, 0.15) is 24.9 Å². The number of amides is 1. The van der Waals surface area contributed by atoms with Crippen LogP contribution >= 0.6 is 0 Å². The van der Waals surface area contributed by atoms with Crippen molar-refractivity contribution in [3.05, 3.63) is 5.56 Å². The maximum Gasteiger partial charge on any atom is 0.329 e. The molecule has 3 rings (SSSR count). The van der Waals surface area contributed by atoms with Crippen LogP contribution in [0.3, 0.4) is 0 Å². The molecule has 1 aromatic rings. The molecule has 138 valence electrons. The summed E-state index contributed by atoms with van der Waals surface area (Å²) in [6.07, 6.45) is 0.648. The topological polar surface area (TPSA) is 121 Å². The lowest BCUT2D eigenvalue weighted by atomic mass is 9.80. The van der Waals surface area contributed by atoms with Gasteiger partial charge in [-0.1, -0.05) is 6.92 Å². The van der Waals surface area contributed by atoms with Crippen LogP contribution in [0.5, 0.6) is 17.5 Å². The van der Waals surface area contributed by atoms with Gasteiger partial charge in [-0.05, 0) is 19.3 Å². The number of aromatic nitrogens is 1. The third kappa shape index (κ3) is 2.68. The van der Waals surface area contributed by atoms with Gasteiger partial charge in [-0.15, -0.1) is 0 Å². The normalized spacial score (nSPS) is 27.6. The highest BCUT2D eigenvalue weighted by Crippen LogP contribution is 2.58. The Bertz CT molecular complexity index is 729. The molecular weight excluding hydrogens is 332 g/mol. The summed E-state index contributed by atoms with van der Waals surface area (Å²) in [5, 5.41) is 29.2. The Kier molecular flexibility index (Phi) is 4.06. The molecule has 2 aliphatic heterocycles. The van der Waals surface area contributed by atoms with Gasteiger partial charge in [-0.2, -0.15) is 0 Å². The second-order valence-electron chi connectivity index (χ2n) is 7.01. The van der Waals surface area contributed by atoms with Crippen LogP contribution in [0.2, 0.25) is 0 Å². The van der Waals surface area contributed by atoms with Crippen molar-refractivity contribution in [2.75, 3.05) is 19.8 Å². The number of carbonyl (C=O) groups is 2. The number of hydrogen-bond donors (Lipinski definition) is 3. The van der Waals surface area contributed by atoms with E-state index in [2.05, 4.69) is 0 Å². The average molecular weight is 354 g/mol. The van der Waals surface area contributed by atoms with Crippen molar-refractivity contribution in [1.82, 2.24) is 9.47 Å². The summed E-state index contributed by atoms with van der Waals surface area (Å²) in [4.78, 5) is 24.7. The molecule has 1 saturated heterocycles. The smallest absolute Gasteiger partial charge is 0.329 e. The van der Waals surface area contributed by atoms with Crippen molar-refractivity contribution in [1.29, 1.82) is 0 Å². The number of carbonyl (C=O) groups excluding carboxylic acids is 1. The van der Waals surface area contributed by atoms with Gasteiger partial charge in [0.05, 0.1) is 5.56 Å². The zero-order valence-corrected chi connectivity index (χ0v) is 14.4. The van der Waals surface area contributed by atoms with Gasteiger partial charge in [-0.25, -0.2) is 4.79 Å². The molecule has 9 nitrogen and oxygen atoms in total. The SMILES string of the molecule is C[C@@H]1CN(C(=O)COCC(=O)O)[C@H]2c3c(c(O)n(C)c3O)O[C@@]2(C)C1. The van der Waals surface area contributed by atoms with Crippen LogP contribution in [0.1, 0.15) is 31.9 Å². The third-order valence-electron chi connectivity index (χ3n) is 4.86. The van der Waals surface area contributed by atoms with E-state index < -0.39 is 24.2 Å². The van der Waals surface area contributed by atoms with Gasteiger partial charge >= 0.3 is 5.97 Å². The van der Waals surface area contributed by atoms with Gasteiger partial charge in [0.25, 0.3) is 0 Å². The standard InChI is InChI=1S/C16H22N2O7/c1-8-4-16(2)13(11-12(25-16)15(23)17(3)14(11)22)18(5-8)9(19)6-24-7-10(20)21/h8,13,22-23H,4-7H2,1-3H3,(H,20,21)/t8-,13-,16-/m0/s1. The van der Waals surface area contributed by atoms with E-state index in [1.54, 1.807) is 4.90 Å². The van der Waals surface area contributed by atoms with Crippen LogP contribution in [-0.4, -0.2) is 62.0 Å². The number of carboxylic acids is 1. The molecule has 3 N–H and O–H groups in total. The summed E-state index contributed by atoms with van der Waals surface area (Å²) in [6.45, 7) is 3.31. The largest absolute Gasteiger partial charge is 0.494 e. The first-order chi connectivity index (χ1) is 11.7. The highest BCUT2D eigenvalue weighted by atomic mass is 16.5. The van der Waals surface area contributed by atoms with E-state index in [-0.39, 0.29) is 35.9 Å². The minimum absolute atomic E-state index is 0.131. The molecular formula is C16H22N2O7. The van der Waals surface area contributed by atoms with Crippen molar-refractivity contribution < 1.29 is 34.4 Å². The molecule has 0 radical (unpaired) electrons. The van der Waals surface area contributed by atoms with E-state index in [1.807, 2.05) is 13.8 Å². The molecule has 0 unspecified atom stereocenters. The first-order valence-electron chi connectivity index (χ1n) is 8.04. The predicted molar refractivity (Wildman–Crippen MR) is 84.5 cm³/mol. The van der Waals surface area contributed by atoms with Crippen molar-refractivity contribution in [2.24, 2.45) is 13.0 Å².